The van der Waals surface area contributed by atoms with Gasteiger partial charge in [0.2, 0.25) is 0 Å². The van der Waals surface area contributed by atoms with Crippen LogP contribution in [0.2, 0.25) is 0 Å². The molecule has 0 aromatic heterocycles. The highest BCUT2D eigenvalue weighted by Crippen LogP contribution is 2.81. The Hall–Kier alpha value is -15.8. The first-order valence-corrected chi connectivity index (χ1v) is 46.9. The van der Waals surface area contributed by atoms with Crippen LogP contribution in [0.5, 0.6) is 0 Å². The number of halogens is 23. The lowest BCUT2D eigenvalue weighted by atomic mass is 9.85. The van der Waals surface area contributed by atoms with Crippen molar-refractivity contribution in [1.29, 1.82) is 0 Å². The minimum atomic E-state index is -9.80. The molecule has 21 aromatic rings. The number of fused-ring (bicyclic) bond motifs is 9. The standard InChI is InChI=1S/C120H69F23O2S/c121-110(122,111(123,124)112(125,126)113(127,128)114(129,130)115(131,132)116(133,134)117(135,136)118(137,138)119(139,140)120(141,142)143)109(144)145-146(106-100(94-58-22-40-73-31-4-13-49-85(73)94)64-79(91-55-19-37-70-28-1-10-46-82(70)91)65-101(106)95-59-23-41-74-32-5-14-50-86(74)95,107-102(96-60-24-42-75-33-6-15-51-87(75)96)66-80(92-56-20-38-71-29-2-11-47-83(71)92)67-103(107)97-61-25-43-76-34-7-16-52-88(76)97)108-104(98-62-26-44-77-35-8-17-53-89(77)98)68-81(93-57-21-39-72-30-3-12-48-84(72)93)69-105(108)99-63-27-45-78-36-9-18-54-90(78)99/h1-69H. The minimum Gasteiger partial charge on any atom is -0.397 e. The van der Waals surface area contributed by atoms with Gasteiger partial charge in [-0.3, -0.25) is 0 Å². The fourth-order valence-electron chi connectivity index (χ4n) is 20.2. The van der Waals surface area contributed by atoms with E-state index in [4.69, 9.17) is 4.18 Å². The lowest BCUT2D eigenvalue weighted by Gasteiger charge is -2.48. The molecule has 0 aliphatic heterocycles. The van der Waals surface area contributed by atoms with Gasteiger partial charge < -0.3 is 4.18 Å². The number of rotatable bonds is 23. The Morgan fingerprint density at radius 2 is 0.308 bits per heavy atom. The van der Waals surface area contributed by atoms with E-state index in [0.29, 0.717) is 81.3 Å². The Morgan fingerprint density at radius 1 is 0.164 bits per heavy atom. The van der Waals surface area contributed by atoms with E-state index in [0.717, 1.165) is 0 Å². The summed E-state index contributed by atoms with van der Waals surface area (Å²) in [6.07, 6.45) is -8.30. The van der Waals surface area contributed by atoms with Crippen LogP contribution in [0.4, 0.5) is 101 Å². The highest BCUT2D eigenvalue weighted by molar-refractivity contribution is 8.30. The molecular formula is C120H69F23O2S. The average molecular weight is 2010 g/mol. The van der Waals surface area contributed by atoms with Crippen molar-refractivity contribution >= 4 is 113 Å². The van der Waals surface area contributed by atoms with Crippen molar-refractivity contribution in [2.75, 3.05) is 0 Å². The molecule has 0 N–H and O–H groups in total. The molecule has 0 saturated carbocycles. The second-order valence-corrected chi connectivity index (χ2v) is 38.1. The third kappa shape index (κ3) is 14.6. The molecule has 0 aliphatic carbocycles. The molecule has 0 radical (unpaired) electrons. The van der Waals surface area contributed by atoms with Gasteiger partial charge in [-0.25, -0.2) is 4.79 Å². The molecule has 0 saturated heterocycles. The molecule has 21 rings (SSSR count). The highest BCUT2D eigenvalue weighted by Gasteiger charge is 2.99. The molecule has 728 valence electrons. The Kier molecular flexibility index (Phi) is 23.1. The first-order valence-electron chi connectivity index (χ1n) is 45.4. The summed E-state index contributed by atoms with van der Waals surface area (Å²) < 4.78 is 388. The molecule has 0 fully saturated rings. The molecule has 0 spiro atoms. The summed E-state index contributed by atoms with van der Waals surface area (Å²) in [7, 11) is -6.25. The summed E-state index contributed by atoms with van der Waals surface area (Å²) in [6, 6.07) is 115. The highest BCUT2D eigenvalue weighted by atomic mass is 32.3. The first-order chi connectivity index (χ1) is 69.6. The van der Waals surface area contributed by atoms with Crippen molar-refractivity contribution in [3.8, 4) is 100 Å². The van der Waals surface area contributed by atoms with Crippen molar-refractivity contribution < 1.29 is 110 Å². The molecule has 0 amide bonds. The zero-order valence-corrected chi connectivity index (χ0v) is 76.1. The molecule has 146 heavy (non-hydrogen) atoms. The van der Waals surface area contributed by atoms with Crippen LogP contribution in [0.15, 0.2) is 433 Å². The zero-order valence-electron chi connectivity index (χ0n) is 75.3. The van der Waals surface area contributed by atoms with Gasteiger partial charge in [-0.15, -0.1) is 0 Å². The van der Waals surface area contributed by atoms with E-state index in [2.05, 4.69) is 0 Å². The van der Waals surface area contributed by atoms with Crippen molar-refractivity contribution in [2.24, 2.45) is 0 Å². The van der Waals surface area contributed by atoms with E-state index in [1.165, 1.54) is 0 Å². The Morgan fingerprint density at radius 3 is 0.486 bits per heavy atom. The fourth-order valence-corrected chi connectivity index (χ4v) is 24.2. The molecule has 2 nitrogen and oxygen atoms in total. The number of carbonyl (C=O) groups is 1. The van der Waals surface area contributed by atoms with Gasteiger partial charge in [0.05, 0.1) is 0 Å². The van der Waals surface area contributed by atoms with E-state index in [1.54, 1.807) is 419 Å². The number of hydrogen-bond donors (Lipinski definition) is 0. The number of carbonyl (C=O) groups excluding carboxylic acids is 1. The van der Waals surface area contributed by atoms with Crippen molar-refractivity contribution in [3.63, 3.8) is 0 Å². The van der Waals surface area contributed by atoms with Crippen LogP contribution in [-0.4, -0.2) is 71.4 Å². The van der Waals surface area contributed by atoms with Gasteiger partial charge in [-0.2, -0.15) is 101 Å². The normalized spacial score (nSPS) is 13.3. The van der Waals surface area contributed by atoms with Gasteiger partial charge in [0.25, 0.3) is 0 Å². The molecule has 26 heteroatoms. The van der Waals surface area contributed by atoms with E-state index in [1.807, 2.05) is 0 Å². The van der Waals surface area contributed by atoms with Crippen LogP contribution >= 0.6 is 10.3 Å². The van der Waals surface area contributed by atoms with Gasteiger partial charge in [-0.1, -0.05) is 382 Å². The van der Waals surface area contributed by atoms with E-state index in [9.17, 15) is 22.0 Å². The smallest absolute Gasteiger partial charge is 0.397 e. The lowest BCUT2D eigenvalue weighted by Crippen LogP contribution is -2.78. The summed E-state index contributed by atoms with van der Waals surface area (Å²) in [4.78, 5) is 16.3. The largest absolute Gasteiger partial charge is 0.460 e. The Labute approximate surface area is 817 Å². The lowest BCUT2D eigenvalue weighted by molar-refractivity contribution is -0.477. The SMILES string of the molecule is O=C(OS(c1c(-c2cccc3ccccc23)cc(-c2cccc3ccccc23)cc1-c1cccc2ccccc12)(c1c(-c2cccc3ccccc23)cc(-c2cccc3ccccc23)cc1-c1cccc2ccccc12)c1c(-c2cccc3ccccc23)cc(-c2cccc3ccccc23)cc1-c1cccc2ccccc12)C(F)(F)C(F)(F)C(F)(F)C(F)(F)C(F)(F)C(F)(F)C(F)(F)C(F)(F)C(F)(F)C(F)(F)C(F)(F)F. The van der Waals surface area contributed by atoms with Gasteiger partial charge in [0, 0.05) is 14.7 Å². The monoisotopic (exact) mass is 2010 g/mol. The second kappa shape index (κ2) is 35.0. The minimum absolute atomic E-state index is 0.0138. The molecule has 0 heterocycles. The third-order valence-corrected chi connectivity index (χ3v) is 30.7. The number of hydrogen-bond acceptors (Lipinski definition) is 2. The maximum absolute atomic E-state index is 20.3. The van der Waals surface area contributed by atoms with Gasteiger partial charge in [-0.05, 0) is 244 Å². The topological polar surface area (TPSA) is 26.3 Å². The Balaban J connectivity index is 1.05. The van der Waals surface area contributed by atoms with E-state index >= 15 is 83.8 Å². The van der Waals surface area contributed by atoms with Crippen molar-refractivity contribution in [2.45, 2.75) is 80.1 Å². The quantitative estimate of drug-likeness (QED) is 0.0597. The van der Waals surface area contributed by atoms with Crippen molar-refractivity contribution in [3.05, 3.63) is 419 Å². The molecule has 21 aromatic carbocycles. The van der Waals surface area contributed by atoms with Crippen molar-refractivity contribution in [1.82, 2.24) is 0 Å². The predicted octanol–water partition coefficient (Wildman–Crippen LogP) is 37.7. The first kappa shape index (κ1) is 96.3. The number of alkyl halides is 23. The summed E-state index contributed by atoms with van der Waals surface area (Å²) in [5.41, 5.74) is 0.205. The van der Waals surface area contributed by atoms with E-state index < -0.39 is 96.4 Å². The Bertz CT molecular complexity index is 7840. The van der Waals surface area contributed by atoms with Crippen LogP contribution in [0.3, 0.4) is 0 Å². The molecule has 0 aliphatic rings. The zero-order chi connectivity index (χ0) is 103. The third-order valence-electron chi connectivity index (χ3n) is 27.3. The summed E-state index contributed by atoms with van der Waals surface area (Å²) >= 11 is 0. The predicted molar refractivity (Wildman–Crippen MR) is 530 cm³/mol. The maximum atomic E-state index is 20.3. The van der Waals surface area contributed by atoms with Crippen LogP contribution in [0.25, 0.3) is 197 Å². The second-order valence-electron chi connectivity index (χ2n) is 35.6. The van der Waals surface area contributed by atoms with Crippen LogP contribution in [0.1, 0.15) is 0 Å². The molecule has 0 unspecified atom stereocenters. The number of benzene rings is 21. The van der Waals surface area contributed by atoms with Gasteiger partial charge >= 0.3 is 71.4 Å². The fraction of sp³-hybridized carbons (Fsp3) is 0.0917. The summed E-state index contributed by atoms with van der Waals surface area (Å²) in [5, 5.41) is 7.01. The molecule has 0 bridgehead atoms. The molecule has 0 atom stereocenters. The maximum Gasteiger partial charge on any atom is 0.460 e. The van der Waals surface area contributed by atoms with Crippen LogP contribution < -0.4 is 0 Å². The molecular weight excluding hydrogens is 1940 g/mol. The van der Waals surface area contributed by atoms with Crippen LogP contribution in [0, 0.1) is 0 Å². The van der Waals surface area contributed by atoms with Gasteiger partial charge in [0.15, 0.2) is 0 Å². The average Bonchev–Trinajstić information content (AvgIpc) is 0.677. The van der Waals surface area contributed by atoms with Gasteiger partial charge in [0.1, 0.15) is 0 Å². The summed E-state index contributed by atoms with van der Waals surface area (Å²) in [6.45, 7) is 0. The van der Waals surface area contributed by atoms with E-state index in [-0.39, 0.29) is 116 Å². The van der Waals surface area contributed by atoms with Crippen LogP contribution in [-0.2, 0) is 8.98 Å². The summed E-state index contributed by atoms with van der Waals surface area (Å²) in [5.74, 6) is -97.6.